The zero-order chi connectivity index (χ0) is 18.8. The second-order valence-corrected chi connectivity index (χ2v) is 6.35. The predicted molar refractivity (Wildman–Crippen MR) is 120 cm³/mol. The van der Waals surface area contributed by atoms with Crippen LogP contribution in [0, 0.1) is 0 Å². The largest absolute Gasteiger partial charge is 0.493 e. The Morgan fingerprint density at radius 1 is 1.17 bits per heavy atom. The lowest BCUT2D eigenvalue weighted by atomic mass is 10.1. The molecule has 7 nitrogen and oxygen atoms in total. The first-order chi connectivity index (χ1) is 13.2. The Morgan fingerprint density at radius 3 is 2.66 bits per heavy atom. The van der Waals surface area contributed by atoms with Crippen LogP contribution in [0.25, 0.3) is 6.08 Å². The van der Waals surface area contributed by atoms with Gasteiger partial charge in [-0.05, 0) is 29.0 Å². The molecular weight excluding hydrogens is 411 g/mol. The highest BCUT2D eigenvalue weighted by molar-refractivity contribution is 5.85. The highest BCUT2D eigenvalue weighted by atomic mass is 35.5. The lowest BCUT2D eigenvalue weighted by Gasteiger charge is -2.17. The summed E-state index contributed by atoms with van der Waals surface area (Å²) in [6.45, 7) is 0.407. The van der Waals surface area contributed by atoms with Gasteiger partial charge in [0.05, 0.1) is 17.6 Å². The van der Waals surface area contributed by atoms with Crippen molar-refractivity contribution in [1.29, 1.82) is 0 Å². The molecule has 0 aliphatic carbocycles. The fourth-order valence-electron chi connectivity index (χ4n) is 3.03. The molecule has 4 rings (SSSR count). The lowest BCUT2D eigenvalue weighted by molar-refractivity contribution is 0.431. The summed E-state index contributed by atoms with van der Waals surface area (Å²) < 4.78 is 1.61. The van der Waals surface area contributed by atoms with Crippen LogP contribution in [0.5, 0.6) is 5.88 Å². The molecule has 0 spiro atoms. The van der Waals surface area contributed by atoms with Crippen LogP contribution in [0.3, 0.4) is 0 Å². The Labute approximate surface area is 180 Å². The number of aromatic nitrogens is 2. The number of fused-ring (bicyclic) bond motifs is 1. The van der Waals surface area contributed by atoms with Crippen LogP contribution in [-0.2, 0) is 7.05 Å². The fraction of sp³-hybridized carbons (Fsp3) is 0.150. The monoisotopic (exact) mass is 432 g/mol. The zero-order valence-electron chi connectivity index (χ0n) is 15.7. The fourth-order valence-corrected chi connectivity index (χ4v) is 3.03. The van der Waals surface area contributed by atoms with Crippen molar-refractivity contribution in [1.82, 2.24) is 9.55 Å². The maximum Gasteiger partial charge on any atom is 0.220 e. The Hall–Kier alpha value is -2.87. The van der Waals surface area contributed by atoms with Crippen LogP contribution in [-0.4, -0.2) is 27.4 Å². The van der Waals surface area contributed by atoms with E-state index in [1.54, 1.807) is 17.8 Å². The molecule has 1 aromatic heterocycles. The first-order valence-corrected chi connectivity index (χ1v) is 8.66. The summed E-state index contributed by atoms with van der Waals surface area (Å²) in [5, 5.41) is 23.5. The first-order valence-electron chi connectivity index (χ1n) is 8.66. The van der Waals surface area contributed by atoms with Gasteiger partial charge in [-0.25, -0.2) is 4.98 Å². The smallest absolute Gasteiger partial charge is 0.220 e. The summed E-state index contributed by atoms with van der Waals surface area (Å²) in [7, 11) is 1.76. The van der Waals surface area contributed by atoms with Crippen molar-refractivity contribution in [2.75, 3.05) is 11.9 Å². The van der Waals surface area contributed by atoms with Gasteiger partial charge in [-0.15, -0.1) is 24.8 Å². The van der Waals surface area contributed by atoms with E-state index >= 15 is 0 Å². The average molecular weight is 433 g/mol. The summed E-state index contributed by atoms with van der Waals surface area (Å²) in [6.07, 6.45) is 3.54. The SMILES string of the molecule is Cl.Cl.Cn1c(N[C@@H](CN)c2ccccc2)nc(/C=c2\ccc3c(c2)C=NN=3)c1O. The Balaban J connectivity index is 0.00000150. The van der Waals surface area contributed by atoms with Gasteiger partial charge in [-0.3, -0.25) is 4.57 Å². The molecule has 0 fully saturated rings. The topological polar surface area (TPSA) is 101 Å². The molecule has 4 N–H and O–H groups in total. The molecule has 0 bridgehead atoms. The van der Waals surface area contributed by atoms with Crippen molar-refractivity contribution >= 4 is 43.1 Å². The van der Waals surface area contributed by atoms with E-state index in [0.717, 1.165) is 21.7 Å². The van der Waals surface area contributed by atoms with E-state index in [2.05, 4.69) is 20.5 Å². The van der Waals surface area contributed by atoms with Crippen LogP contribution in [0.1, 0.15) is 22.9 Å². The van der Waals surface area contributed by atoms with Crippen molar-refractivity contribution in [3.05, 3.63) is 75.9 Å². The Bertz CT molecular complexity index is 1130. The van der Waals surface area contributed by atoms with E-state index in [-0.39, 0.29) is 36.7 Å². The normalized spacial score (nSPS) is 13.1. The third-order valence-electron chi connectivity index (χ3n) is 4.55. The van der Waals surface area contributed by atoms with E-state index in [1.807, 2.05) is 54.6 Å². The lowest BCUT2D eigenvalue weighted by Crippen LogP contribution is -2.22. The maximum atomic E-state index is 10.5. The number of nitrogens with two attached hydrogens (primary N) is 1. The molecule has 2 heterocycles. The average Bonchev–Trinajstić information content (AvgIpc) is 3.27. The van der Waals surface area contributed by atoms with Crippen LogP contribution < -0.4 is 21.6 Å². The molecule has 0 radical (unpaired) electrons. The minimum Gasteiger partial charge on any atom is -0.493 e. The minimum atomic E-state index is -0.0997. The molecule has 2 aromatic carbocycles. The molecule has 0 saturated carbocycles. The van der Waals surface area contributed by atoms with Crippen molar-refractivity contribution in [3.63, 3.8) is 0 Å². The molecule has 1 atom stereocenters. The van der Waals surface area contributed by atoms with Crippen LogP contribution in [0.4, 0.5) is 5.95 Å². The number of halogens is 2. The Morgan fingerprint density at radius 2 is 1.93 bits per heavy atom. The van der Waals surface area contributed by atoms with E-state index in [0.29, 0.717) is 18.2 Å². The number of anilines is 1. The van der Waals surface area contributed by atoms with Gasteiger partial charge in [0, 0.05) is 19.2 Å². The van der Waals surface area contributed by atoms with E-state index < -0.39 is 0 Å². The molecule has 0 amide bonds. The molecule has 29 heavy (non-hydrogen) atoms. The molecule has 3 aromatic rings. The number of imidazole rings is 1. The van der Waals surface area contributed by atoms with Crippen molar-refractivity contribution in [2.24, 2.45) is 23.0 Å². The molecule has 0 saturated heterocycles. The number of nitrogens with zero attached hydrogens (tertiary/aromatic N) is 4. The third kappa shape index (κ3) is 4.59. The van der Waals surface area contributed by atoms with Gasteiger partial charge < -0.3 is 16.2 Å². The zero-order valence-corrected chi connectivity index (χ0v) is 17.3. The van der Waals surface area contributed by atoms with Gasteiger partial charge in [0.25, 0.3) is 0 Å². The number of aromatic hydroxyl groups is 1. The van der Waals surface area contributed by atoms with Crippen molar-refractivity contribution < 1.29 is 5.11 Å². The number of hydrogen-bond donors (Lipinski definition) is 3. The van der Waals surface area contributed by atoms with Gasteiger partial charge in [-0.1, -0.05) is 36.4 Å². The maximum absolute atomic E-state index is 10.5. The highest BCUT2D eigenvalue weighted by Crippen LogP contribution is 2.24. The van der Waals surface area contributed by atoms with Crippen LogP contribution in [0.15, 0.2) is 58.7 Å². The number of benzene rings is 2. The second kappa shape index (κ2) is 9.56. The van der Waals surface area contributed by atoms with Gasteiger partial charge in [0.1, 0.15) is 5.69 Å². The van der Waals surface area contributed by atoms with E-state index in [1.165, 1.54) is 0 Å². The van der Waals surface area contributed by atoms with Gasteiger partial charge in [-0.2, -0.15) is 10.2 Å². The summed E-state index contributed by atoms with van der Waals surface area (Å²) >= 11 is 0. The van der Waals surface area contributed by atoms with Gasteiger partial charge in [0.15, 0.2) is 0 Å². The summed E-state index contributed by atoms with van der Waals surface area (Å²) in [5.41, 5.74) is 8.43. The van der Waals surface area contributed by atoms with Gasteiger partial charge >= 0.3 is 0 Å². The second-order valence-electron chi connectivity index (χ2n) is 6.35. The molecular formula is C20H22Cl2N6O. The Kier molecular flexibility index (Phi) is 7.39. The van der Waals surface area contributed by atoms with Crippen molar-refractivity contribution in [3.8, 4) is 5.88 Å². The molecule has 1 aliphatic heterocycles. The summed E-state index contributed by atoms with van der Waals surface area (Å²) in [4.78, 5) is 4.55. The first kappa shape index (κ1) is 22.4. The van der Waals surface area contributed by atoms with E-state index in [9.17, 15) is 5.11 Å². The molecule has 1 aliphatic rings. The quantitative estimate of drug-likeness (QED) is 0.572. The number of hydrogen-bond acceptors (Lipinski definition) is 6. The molecule has 152 valence electrons. The van der Waals surface area contributed by atoms with Gasteiger partial charge in [0.2, 0.25) is 11.8 Å². The predicted octanol–water partition coefficient (Wildman–Crippen LogP) is 1.88. The summed E-state index contributed by atoms with van der Waals surface area (Å²) in [6, 6.07) is 15.6. The third-order valence-corrected chi connectivity index (χ3v) is 4.55. The van der Waals surface area contributed by atoms with E-state index in [4.69, 9.17) is 5.73 Å². The number of rotatable bonds is 5. The minimum absolute atomic E-state index is 0. The molecule has 0 unspecified atom stereocenters. The van der Waals surface area contributed by atoms with Crippen LogP contribution >= 0.6 is 24.8 Å². The van der Waals surface area contributed by atoms with Crippen LogP contribution in [0.2, 0.25) is 0 Å². The van der Waals surface area contributed by atoms with Crippen molar-refractivity contribution in [2.45, 2.75) is 6.04 Å². The highest BCUT2D eigenvalue weighted by Gasteiger charge is 2.16. The standard InChI is InChI=1S/C20H20N6O.2ClH/c1-26-19(27)17(10-13-7-8-16-15(9-13)12-22-25-16)23-20(26)24-18(11-21)14-5-3-2-4-6-14;;/h2-10,12,18,27H,11,21H2,1H3,(H,23,24);2*1H/b13-10+;;/t18-;;/m0../s1. The molecule has 9 heteroatoms. The summed E-state index contributed by atoms with van der Waals surface area (Å²) in [5.74, 6) is 0.635. The number of nitrogens with one attached hydrogen (secondary N) is 1.